The molecule has 0 bridgehead atoms. The average Bonchev–Trinajstić information content (AvgIpc) is 2.63. The normalized spacial score (nSPS) is 11.6. The van der Waals surface area contributed by atoms with Crippen LogP contribution in [0.5, 0.6) is 0 Å². The predicted molar refractivity (Wildman–Crippen MR) is 66.6 cm³/mol. The maximum absolute atomic E-state index is 8.95. The van der Waals surface area contributed by atoms with Gasteiger partial charge in [0.25, 0.3) is 0 Å². The van der Waals surface area contributed by atoms with E-state index in [-0.39, 0.29) is 6.61 Å². The van der Waals surface area contributed by atoms with Gasteiger partial charge < -0.3 is 9.63 Å². The summed E-state index contributed by atoms with van der Waals surface area (Å²) >= 11 is 3.48. The summed E-state index contributed by atoms with van der Waals surface area (Å²) in [7, 11) is 0. The van der Waals surface area contributed by atoms with Crippen molar-refractivity contribution in [3.63, 3.8) is 0 Å². The molecule has 0 aliphatic carbocycles. The number of aromatic nitrogens is 1. The van der Waals surface area contributed by atoms with Crippen LogP contribution < -0.4 is 0 Å². The van der Waals surface area contributed by atoms with Crippen LogP contribution >= 0.6 is 15.9 Å². The van der Waals surface area contributed by atoms with Gasteiger partial charge in [0, 0.05) is 18.4 Å². The first-order valence-corrected chi connectivity index (χ1v) is 6.11. The quantitative estimate of drug-likeness (QED) is 0.941. The van der Waals surface area contributed by atoms with Gasteiger partial charge in [0.2, 0.25) is 0 Å². The molecule has 0 atom stereocenters. The third kappa shape index (κ3) is 1.99. The van der Waals surface area contributed by atoms with Gasteiger partial charge in [0.05, 0.1) is 10.2 Å². The number of halogens is 1. The molecule has 3 nitrogen and oxygen atoms in total. The van der Waals surface area contributed by atoms with Crippen LogP contribution in [0.1, 0.15) is 31.0 Å². The summed E-state index contributed by atoms with van der Waals surface area (Å²) < 4.78 is 6.18. The van der Waals surface area contributed by atoms with E-state index in [2.05, 4.69) is 47.1 Å². The monoisotopic (exact) mass is 283 g/mol. The van der Waals surface area contributed by atoms with E-state index < -0.39 is 0 Å². The minimum absolute atomic E-state index is 0.0885. The molecule has 2 rings (SSSR count). The molecule has 1 aromatic heterocycles. The molecule has 2 aromatic rings. The van der Waals surface area contributed by atoms with Crippen LogP contribution in [0.2, 0.25) is 0 Å². The Bertz CT molecular complexity index is 505. The van der Waals surface area contributed by atoms with Gasteiger partial charge in [-0.05, 0) is 39.5 Å². The Balaban J connectivity index is 2.61. The molecule has 4 heteroatoms. The molecule has 86 valence electrons. The van der Waals surface area contributed by atoms with Crippen LogP contribution in [0.4, 0.5) is 0 Å². The fourth-order valence-corrected chi connectivity index (χ4v) is 2.24. The van der Waals surface area contributed by atoms with E-state index in [9.17, 15) is 0 Å². The van der Waals surface area contributed by atoms with E-state index in [4.69, 9.17) is 9.63 Å². The van der Waals surface area contributed by atoms with Crippen LogP contribution in [0.25, 0.3) is 11.0 Å². The van der Waals surface area contributed by atoms with Crippen molar-refractivity contribution in [2.45, 2.75) is 26.2 Å². The van der Waals surface area contributed by atoms with Gasteiger partial charge in [-0.3, -0.25) is 0 Å². The smallest absolute Gasteiger partial charge is 0.181 e. The Labute approximate surface area is 103 Å². The Hall–Kier alpha value is -0.870. The molecule has 0 radical (unpaired) electrons. The molecule has 0 amide bonds. The third-order valence-electron chi connectivity index (χ3n) is 2.64. The number of hydrogen-bond acceptors (Lipinski definition) is 3. The lowest BCUT2D eigenvalue weighted by Gasteiger charge is -2.06. The summed E-state index contributed by atoms with van der Waals surface area (Å²) in [4.78, 5) is 0. The van der Waals surface area contributed by atoms with Crippen molar-refractivity contribution in [3.05, 3.63) is 27.9 Å². The van der Waals surface area contributed by atoms with Gasteiger partial charge in [-0.1, -0.05) is 19.0 Å². The summed E-state index contributed by atoms with van der Waals surface area (Å²) in [6, 6.07) is 4.15. The minimum Gasteiger partial charge on any atom is -0.396 e. The molecular weight excluding hydrogens is 270 g/mol. The lowest BCUT2D eigenvalue weighted by molar-refractivity contribution is 0.295. The van der Waals surface area contributed by atoms with Gasteiger partial charge in [-0.2, -0.15) is 0 Å². The SMILES string of the molecule is CC(C)c1cc(Br)c2onc(CCO)c2c1. The van der Waals surface area contributed by atoms with E-state index in [0.717, 1.165) is 21.1 Å². The molecule has 0 aliphatic rings. The fourth-order valence-electron chi connectivity index (χ4n) is 1.69. The second-order valence-electron chi connectivity index (χ2n) is 4.14. The largest absolute Gasteiger partial charge is 0.396 e. The highest BCUT2D eigenvalue weighted by molar-refractivity contribution is 9.10. The number of rotatable bonds is 3. The van der Waals surface area contributed by atoms with E-state index in [1.54, 1.807) is 0 Å². The molecule has 0 saturated carbocycles. The van der Waals surface area contributed by atoms with E-state index in [0.29, 0.717) is 12.3 Å². The number of aliphatic hydroxyl groups is 1. The minimum atomic E-state index is 0.0885. The van der Waals surface area contributed by atoms with Crippen molar-refractivity contribution in [2.24, 2.45) is 0 Å². The summed E-state index contributed by atoms with van der Waals surface area (Å²) in [6.45, 7) is 4.38. The van der Waals surface area contributed by atoms with Crippen molar-refractivity contribution in [1.82, 2.24) is 5.16 Å². The third-order valence-corrected chi connectivity index (χ3v) is 3.23. The van der Waals surface area contributed by atoms with Crippen LogP contribution in [0.15, 0.2) is 21.1 Å². The Kier molecular flexibility index (Phi) is 3.30. The van der Waals surface area contributed by atoms with Crippen LogP contribution in [0.3, 0.4) is 0 Å². The second-order valence-corrected chi connectivity index (χ2v) is 4.99. The molecule has 0 fully saturated rings. The summed E-state index contributed by atoms with van der Waals surface area (Å²) in [6.07, 6.45) is 0.529. The van der Waals surface area contributed by atoms with Gasteiger partial charge in [0.15, 0.2) is 5.58 Å². The standard InChI is InChI=1S/C12H14BrNO2/c1-7(2)8-5-9-11(3-4-15)14-16-12(9)10(13)6-8/h5-7,15H,3-4H2,1-2H3. The molecule has 16 heavy (non-hydrogen) atoms. The van der Waals surface area contributed by atoms with Gasteiger partial charge >= 0.3 is 0 Å². The van der Waals surface area contributed by atoms with E-state index in [1.165, 1.54) is 5.56 Å². The Morgan fingerprint density at radius 2 is 2.19 bits per heavy atom. The van der Waals surface area contributed by atoms with Gasteiger partial charge in [0.1, 0.15) is 0 Å². The molecule has 1 N–H and O–H groups in total. The first-order chi connectivity index (χ1) is 7.63. The van der Waals surface area contributed by atoms with Crippen LogP contribution in [-0.4, -0.2) is 16.9 Å². The maximum Gasteiger partial charge on any atom is 0.181 e. The zero-order valence-corrected chi connectivity index (χ0v) is 10.9. The molecule has 0 saturated heterocycles. The van der Waals surface area contributed by atoms with Crippen LogP contribution in [0, 0.1) is 0 Å². The summed E-state index contributed by atoms with van der Waals surface area (Å²) in [5, 5.41) is 13.9. The van der Waals surface area contributed by atoms with E-state index >= 15 is 0 Å². The van der Waals surface area contributed by atoms with Crippen molar-refractivity contribution in [2.75, 3.05) is 6.61 Å². The zero-order chi connectivity index (χ0) is 11.7. The average molecular weight is 284 g/mol. The number of aliphatic hydroxyl groups excluding tert-OH is 1. The van der Waals surface area contributed by atoms with Crippen molar-refractivity contribution < 1.29 is 9.63 Å². The number of fused-ring (bicyclic) bond motifs is 1. The molecule has 1 heterocycles. The van der Waals surface area contributed by atoms with Crippen molar-refractivity contribution >= 4 is 26.9 Å². The number of benzene rings is 1. The van der Waals surface area contributed by atoms with E-state index in [1.807, 2.05) is 0 Å². The Morgan fingerprint density at radius 3 is 2.81 bits per heavy atom. The molecule has 0 aliphatic heterocycles. The lowest BCUT2D eigenvalue weighted by atomic mass is 10.0. The van der Waals surface area contributed by atoms with Gasteiger partial charge in [-0.25, -0.2) is 0 Å². The first-order valence-electron chi connectivity index (χ1n) is 5.32. The highest BCUT2D eigenvalue weighted by atomic mass is 79.9. The fraction of sp³-hybridized carbons (Fsp3) is 0.417. The van der Waals surface area contributed by atoms with Gasteiger partial charge in [-0.15, -0.1) is 0 Å². The highest BCUT2D eigenvalue weighted by Crippen LogP contribution is 2.31. The summed E-state index contributed by atoms with van der Waals surface area (Å²) in [5.41, 5.74) is 2.82. The predicted octanol–water partition coefficient (Wildman–Crippen LogP) is 3.25. The summed E-state index contributed by atoms with van der Waals surface area (Å²) in [5.74, 6) is 0.456. The molecule has 0 spiro atoms. The first kappa shape index (κ1) is 11.6. The maximum atomic E-state index is 8.95. The number of hydrogen-bond donors (Lipinski definition) is 1. The van der Waals surface area contributed by atoms with Crippen molar-refractivity contribution in [1.29, 1.82) is 0 Å². The van der Waals surface area contributed by atoms with Crippen molar-refractivity contribution in [3.8, 4) is 0 Å². The second kappa shape index (κ2) is 4.55. The molecule has 1 aromatic carbocycles. The Morgan fingerprint density at radius 1 is 1.44 bits per heavy atom. The lowest BCUT2D eigenvalue weighted by Crippen LogP contribution is -1.92. The zero-order valence-electron chi connectivity index (χ0n) is 9.33. The molecule has 0 unspecified atom stereocenters. The van der Waals surface area contributed by atoms with Crippen LogP contribution in [-0.2, 0) is 6.42 Å². The molecular formula is C12H14BrNO2. The highest BCUT2D eigenvalue weighted by Gasteiger charge is 2.13. The number of nitrogens with zero attached hydrogens (tertiary/aromatic N) is 1. The topological polar surface area (TPSA) is 46.3 Å².